The summed E-state index contributed by atoms with van der Waals surface area (Å²) in [5, 5.41) is 15.7. The molecule has 1 saturated carbocycles. The highest BCUT2D eigenvalue weighted by molar-refractivity contribution is 6.29. The molecule has 3 N–H and O–H groups in total. The van der Waals surface area contributed by atoms with Crippen molar-refractivity contribution in [3.63, 3.8) is 0 Å². The lowest BCUT2D eigenvalue weighted by Gasteiger charge is -2.24. The summed E-state index contributed by atoms with van der Waals surface area (Å²) in [7, 11) is 0. The van der Waals surface area contributed by atoms with Gasteiger partial charge in [0.1, 0.15) is 5.15 Å². The highest BCUT2D eigenvalue weighted by atomic mass is 35.5. The van der Waals surface area contributed by atoms with Crippen molar-refractivity contribution < 1.29 is 9.90 Å². The van der Waals surface area contributed by atoms with Gasteiger partial charge >= 0.3 is 6.03 Å². The topological polar surface area (TPSA) is 74.2 Å². The minimum atomic E-state index is -0.199. The maximum absolute atomic E-state index is 12.0. The molecular weight excluding hydrogens is 290 g/mol. The van der Waals surface area contributed by atoms with Gasteiger partial charge < -0.3 is 15.7 Å². The van der Waals surface area contributed by atoms with Gasteiger partial charge in [-0.05, 0) is 24.5 Å². The van der Waals surface area contributed by atoms with Crippen LogP contribution in [0.4, 0.5) is 4.79 Å². The summed E-state index contributed by atoms with van der Waals surface area (Å²) in [6.07, 6.45) is 6.95. The molecule has 0 bridgehead atoms. The fourth-order valence-electron chi connectivity index (χ4n) is 2.71. The second-order valence-electron chi connectivity index (χ2n) is 5.50. The quantitative estimate of drug-likeness (QED) is 0.591. The molecule has 1 aliphatic carbocycles. The van der Waals surface area contributed by atoms with Crippen molar-refractivity contribution in [3.8, 4) is 0 Å². The summed E-state index contributed by atoms with van der Waals surface area (Å²) in [5.41, 5.74) is 0.897. The van der Waals surface area contributed by atoms with E-state index in [9.17, 15) is 9.90 Å². The maximum atomic E-state index is 12.0. The zero-order valence-corrected chi connectivity index (χ0v) is 12.8. The predicted molar refractivity (Wildman–Crippen MR) is 82.1 cm³/mol. The van der Waals surface area contributed by atoms with E-state index in [4.69, 9.17) is 11.6 Å². The van der Waals surface area contributed by atoms with Crippen LogP contribution in [0.25, 0.3) is 0 Å². The number of pyridine rings is 1. The molecule has 21 heavy (non-hydrogen) atoms. The van der Waals surface area contributed by atoms with Crippen molar-refractivity contribution in [3.05, 3.63) is 29.0 Å². The Morgan fingerprint density at radius 3 is 2.86 bits per heavy atom. The van der Waals surface area contributed by atoms with Crippen LogP contribution in [0.5, 0.6) is 0 Å². The summed E-state index contributed by atoms with van der Waals surface area (Å²) in [6, 6.07) is 3.39. The van der Waals surface area contributed by atoms with Crippen LogP contribution in [-0.2, 0) is 6.54 Å². The Bertz CT molecular complexity index is 453. The van der Waals surface area contributed by atoms with E-state index in [0.717, 1.165) is 31.2 Å². The molecule has 0 spiro atoms. The number of hydrogen-bond acceptors (Lipinski definition) is 3. The molecule has 1 heterocycles. The van der Waals surface area contributed by atoms with Gasteiger partial charge in [-0.2, -0.15) is 0 Å². The predicted octanol–water partition coefficient (Wildman–Crippen LogP) is 2.48. The molecular formula is C15H22ClN3O2. The number of aliphatic hydroxyl groups excluding tert-OH is 1. The van der Waals surface area contributed by atoms with Crippen LogP contribution >= 0.6 is 11.6 Å². The maximum Gasteiger partial charge on any atom is 0.315 e. The van der Waals surface area contributed by atoms with Gasteiger partial charge in [-0.3, -0.25) is 0 Å². The van der Waals surface area contributed by atoms with Gasteiger partial charge in [0.05, 0.1) is 0 Å². The first-order valence-corrected chi connectivity index (χ1v) is 7.82. The minimum absolute atomic E-state index is 0.0563. The molecule has 116 valence electrons. The number of nitrogens with zero attached hydrogens (tertiary/aromatic N) is 1. The van der Waals surface area contributed by atoms with Crippen molar-refractivity contribution in [2.45, 2.75) is 44.7 Å². The molecule has 2 rings (SSSR count). The molecule has 6 heteroatoms. The highest BCUT2D eigenvalue weighted by Crippen LogP contribution is 2.23. The fourth-order valence-corrected chi connectivity index (χ4v) is 2.82. The molecule has 1 aliphatic rings. The lowest BCUT2D eigenvalue weighted by atomic mass is 9.96. The van der Waals surface area contributed by atoms with Crippen LogP contribution < -0.4 is 10.6 Å². The fraction of sp³-hybridized carbons (Fsp3) is 0.600. The monoisotopic (exact) mass is 311 g/mol. The van der Waals surface area contributed by atoms with Gasteiger partial charge in [0.25, 0.3) is 0 Å². The zero-order chi connectivity index (χ0) is 15.1. The number of halogens is 1. The van der Waals surface area contributed by atoms with Crippen molar-refractivity contribution in [2.75, 3.05) is 6.61 Å². The van der Waals surface area contributed by atoms with Crippen molar-refractivity contribution in [1.82, 2.24) is 15.6 Å². The van der Waals surface area contributed by atoms with E-state index in [-0.39, 0.29) is 24.6 Å². The Labute approximate surface area is 130 Å². The lowest BCUT2D eigenvalue weighted by Crippen LogP contribution is -2.45. The number of carbonyl (C=O) groups is 1. The normalized spacial score (nSPS) is 22.4. The Kier molecular flexibility index (Phi) is 6.26. The highest BCUT2D eigenvalue weighted by Gasteiger charge is 2.24. The van der Waals surface area contributed by atoms with E-state index in [1.807, 2.05) is 6.07 Å². The largest absolute Gasteiger partial charge is 0.396 e. The molecule has 0 saturated heterocycles. The zero-order valence-electron chi connectivity index (χ0n) is 12.0. The van der Waals surface area contributed by atoms with Gasteiger partial charge in [-0.25, -0.2) is 9.78 Å². The van der Waals surface area contributed by atoms with E-state index in [2.05, 4.69) is 15.6 Å². The standard InChI is InChI=1S/C15H22ClN3O2/c16-14-7-6-11(8-17-14)9-18-15(21)19-13-5-3-1-2-4-12(13)10-20/h6-8,12-13,20H,1-5,9-10H2,(H2,18,19,21). The van der Waals surface area contributed by atoms with Crippen molar-refractivity contribution in [2.24, 2.45) is 5.92 Å². The van der Waals surface area contributed by atoms with Crippen LogP contribution in [0.3, 0.4) is 0 Å². The van der Waals surface area contributed by atoms with Gasteiger partial charge in [-0.1, -0.05) is 36.9 Å². The third kappa shape index (κ3) is 5.17. The smallest absolute Gasteiger partial charge is 0.315 e. The van der Waals surface area contributed by atoms with Gasteiger partial charge in [0.15, 0.2) is 0 Å². The molecule has 0 aliphatic heterocycles. The van der Waals surface area contributed by atoms with E-state index in [1.165, 1.54) is 6.42 Å². The Hall–Kier alpha value is -1.33. The third-order valence-corrected chi connectivity index (χ3v) is 4.18. The number of nitrogens with one attached hydrogen (secondary N) is 2. The number of rotatable bonds is 4. The Balaban J connectivity index is 1.81. The second kappa shape index (κ2) is 8.20. The van der Waals surface area contributed by atoms with Gasteiger partial charge in [-0.15, -0.1) is 0 Å². The van der Waals surface area contributed by atoms with E-state index < -0.39 is 0 Å². The average molecular weight is 312 g/mol. The number of aliphatic hydroxyl groups is 1. The molecule has 0 radical (unpaired) electrons. The SMILES string of the molecule is O=C(NCc1ccc(Cl)nc1)NC1CCCCCC1CO. The third-order valence-electron chi connectivity index (χ3n) is 3.95. The molecule has 1 aromatic rings. The summed E-state index contributed by atoms with van der Waals surface area (Å²) >= 11 is 5.72. The van der Waals surface area contributed by atoms with Crippen LogP contribution in [-0.4, -0.2) is 28.8 Å². The van der Waals surface area contributed by atoms with Gasteiger partial charge in [0.2, 0.25) is 0 Å². The number of hydrogen-bond donors (Lipinski definition) is 3. The molecule has 0 aromatic carbocycles. The number of amides is 2. The van der Waals surface area contributed by atoms with Crippen LogP contribution in [0, 0.1) is 5.92 Å². The van der Waals surface area contributed by atoms with Gasteiger partial charge in [0, 0.05) is 31.3 Å². The summed E-state index contributed by atoms with van der Waals surface area (Å²) in [6.45, 7) is 0.540. The molecule has 2 amide bonds. The van der Waals surface area contributed by atoms with E-state index in [1.54, 1.807) is 12.3 Å². The second-order valence-corrected chi connectivity index (χ2v) is 5.89. The van der Waals surface area contributed by atoms with Crippen LogP contribution in [0.2, 0.25) is 5.15 Å². The summed E-state index contributed by atoms with van der Waals surface area (Å²) in [5.74, 6) is 0.162. The molecule has 2 unspecified atom stereocenters. The van der Waals surface area contributed by atoms with E-state index >= 15 is 0 Å². The first-order chi connectivity index (χ1) is 10.2. The molecule has 1 fully saturated rings. The van der Waals surface area contributed by atoms with Crippen molar-refractivity contribution >= 4 is 17.6 Å². The number of urea groups is 1. The Morgan fingerprint density at radius 2 is 2.14 bits per heavy atom. The average Bonchev–Trinajstić information content (AvgIpc) is 2.71. The number of carbonyl (C=O) groups excluding carboxylic acids is 1. The first-order valence-electron chi connectivity index (χ1n) is 7.44. The lowest BCUT2D eigenvalue weighted by molar-refractivity contribution is 0.179. The van der Waals surface area contributed by atoms with Crippen LogP contribution in [0.15, 0.2) is 18.3 Å². The van der Waals surface area contributed by atoms with Crippen molar-refractivity contribution in [1.29, 1.82) is 0 Å². The Morgan fingerprint density at radius 1 is 1.33 bits per heavy atom. The first kappa shape index (κ1) is 16.0. The molecule has 5 nitrogen and oxygen atoms in total. The molecule has 1 aromatic heterocycles. The minimum Gasteiger partial charge on any atom is -0.396 e. The van der Waals surface area contributed by atoms with Crippen LogP contribution in [0.1, 0.15) is 37.7 Å². The summed E-state index contributed by atoms with van der Waals surface area (Å²) in [4.78, 5) is 15.9. The molecule has 2 atom stereocenters. The number of aromatic nitrogens is 1. The van der Waals surface area contributed by atoms with E-state index in [0.29, 0.717) is 11.7 Å². The summed E-state index contributed by atoms with van der Waals surface area (Å²) < 4.78 is 0.